The van der Waals surface area contributed by atoms with Crippen LogP contribution in [-0.2, 0) is 26.0 Å². The number of carbonyl (C=O) groups is 2. The second kappa shape index (κ2) is 10.7. The number of aliphatic carboxylic acids is 1. The van der Waals surface area contributed by atoms with E-state index >= 15 is 0 Å². The van der Waals surface area contributed by atoms with Gasteiger partial charge in [0, 0.05) is 19.2 Å². The molecule has 8 nitrogen and oxygen atoms in total. The van der Waals surface area contributed by atoms with Crippen LogP contribution in [-0.4, -0.2) is 61.4 Å². The molecule has 1 atom stereocenters. The van der Waals surface area contributed by atoms with Crippen LogP contribution in [0.3, 0.4) is 0 Å². The minimum absolute atomic E-state index is 0.0871. The molecule has 0 radical (unpaired) electrons. The average molecular weight is 531 g/mol. The molecule has 1 amide bonds. The van der Waals surface area contributed by atoms with Crippen molar-refractivity contribution in [1.29, 1.82) is 0 Å². The number of benzene rings is 3. The van der Waals surface area contributed by atoms with Gasteiger partial charge in [-0.05, 0) is 53.9 Å². The van der Waals surface area contributed by atoms with Gasteiger partial charge in [-0.15, -0.1) is 0 Å². The number of ether oxygens (including phenoxy) is 1. The minimum atomic E-state index is -4.17. The van der Waals surface area contributed by atoms with Crippen molar-refractivity contribution in [2.75, 3.05) is 26.7 Å². The predicted octanol–water partition coefficient (Wildman–Crippen LogP) is 3.22. The summed E-state index contributed by atoms with van der Waals surface area (Å²) in [4.78, 5) is 25.8. The summed E-state index contributed by atoms with van der Waals surface area (Å²) < 4.78 is 60.2. The number of hydrogen-bond acceptors (Lipinski definition) is 5. The van der Waals surface area contributed by atoms with Gasteiger partial charge in [0.2, 0.25) is 15.9 Å². The molecule has 11 heteroatoms. The first-order valence-corrected chi connectivity index (χ1v) is 12.7. The third-order valence-corrected chi connectivity index (χ3v) is 7.88. The molecule has 37 heavy (non-hydrogen) atoms. The van der Waals surface area contributed by atoms with Crippen molar-refractivity contribution in [3.8, 4) is 5.75 Å². The SMILES string of the molecule is CN(CC(=O)N1CCc2ccccc2C1c1cc(F)ccc1OCC(=O)O)S(=O)(=O)c1cccc(F)c1. The van der Waals surface area contributed by atoms with E-state index in [1.807, 2.05) is 12.1 Å². The van der Waals surface area contributed by atoms with E-state index in [0.717, 1.165) is 28.1 Å². The van der Waals surface area contributed by atoms with Crippen molar-refractivity contribution in [3.63, 3.8) is 0 Å². The molecule has 4 rings (SSSR count). The number of likely N-dealkylation sites (N-methyl/N-ethyl adjacent to an activating group) is 1. The molecule has 0 aromatic heterocycles. The lowest BCUT2D eigenvalue weighted by atomic mass is 9.87. The van der Waals surface area contributed by atoms with Gasteiger partial charge in [-0.25, -0.2) is 22.0 Å². The number of sulfonamides is 1. The summed E-state index contributed by atoms with van der Waals surface area (Å²) in [6, 6.07) is 14.5. The smallest absolute Gasteiger partial charge is 0.341 e. The van der Waals surface area contributed by atoms with Gasteiger partial charge in [0.05, 0.1) is 17.5 Å². The molecular formula is C26H24F2N2O6S. The summed E-state index contributed by atoms with van der Waals surface area (Å²) in [5, 5.41) is 9.07. The highest BCUT2D eigenvalue weighted by Crippen LogP contribution is 2.40. The van der Waals surface area contributed by atoms with Gasteiger partial charge < -0.3 is 14.7 Å². The van der Waals surface area contributed by atoms with Crippen LogP contribution in [0, 0.1) is 11.6 Å². The zero-order chi connectivity index (χ0) is 26.7. The lowest BCUT2D eigenvalue weighted by molar-refractivity contribution is -0.139. The number of nitrogens with zero attached hydrogens (tertiary/aromatic N) is 2. The zero-order valence-corrected chi connectivity index (χ0v) is 20.6. The van der Waals surface area contributed by atoms with Gasteiger partial charge in [0.15, 0.2) is 6.61 Å². The number of amides is 1. The monoisotopic (exact) mass is 530 g/mol. The number of halogens is 2. The number of carbonyl (C=O) groups excluding carboxylic acids is 1. The third kappa shape index (κ3) is 5.62. The van der Waals surface area contributed by atoms with Crippen LogP contribution in [0.25, 0.3) is 0 Å². The Morgan fingerprint density at radius 3 is 2.49 bits per heavy atom. The van der Waals surface area contributed by atoms with Gasteiger partial charge in [-0.1, -0.05) is 30.3 Å². The fourth-order valence-electron chi connectivity index (χ4n) is 4.35. The van der Waals surface area contributed by atoms with E-state index in [0.29, 0.717) is 12.0 Å². The molecule has 3 aromatic carbocycles. The topological polar surface area (TPSA) is 104 Å². The number of carboxylic acid groups (broad SMARTS) is 1. The third-order valence-electron chi connectivity index (χ3n) is 6.08. The maximum absolute atomic E-state index is 14.4. The molecule has 1 aliphatic rings. The van der Waals surface area contributed by atoms with Gasteiger partial charge in [0.1, 0.15) is 17.4 Å². The largest absolute Gasteiger partial charge is 0.482 e. The molecule has 0 spiro atoms. The Morgan fingerprint density at radius 1 is 1.03 bits per heavy atom. The van der Waals surface area contributed by atoms with Crippen LogP contribution in [0.5, 0.6) is 5.75 Å². The summed E-state index contributed by atoms with van der Waals surface area (Å²) in [6.07, 6.45) is 0.472. The van der Waals surface area contributed by atoms with Crippen molar-refractivity contribution in [3.05, 3.63) is 95.1 Å². The highest BCUT2D eigenvalue weighted by atomic mass is 32.2. The summed E-state index contributed by atoms with van der Waals surface area (Å²) in [5.74, 6) is -3.05. The van der Waals surface area contributed by atoms with E-state index in [-0.39, 0.29) is 22.8 Å². The molecule has 1 unspecified atom stereocenters. The van der Waals surface area contributed by atoms with E-state index in [9.17, 15) is 26.8 Å². The number of hydrogen-bond donors (Lipinski definition) is 1. The van der Waals surface area contributed by atoms with Gasteiger partial charge in [-0.2, -0.15) is 4.31 Å². The summed E-state index contributed by atoms with van der Waals surface area (Å²) >= 11 is 0. The van der Waals surface area contributed by atoms with Crippen LogP contribution in [0.4, 0.5) is 8.78 Å². The molecule has 1 aliphatic heterocycles. The minimum Gasteiger partial charge on any atom is -0.482 e. The molecule has 194 valence electrons. The first-order valence-electron chi connectivity index (χ1n) is 11.3. The van der Waals surface area contributed by atoms with Crippen molar-refractivity contribution in [2.45, 2.75) is 17.4 Å². The first kappa shape index (κ1) is 26.2. The normalized spacial score (nSPS) is 15.4. The summed E-state index contributed by atoms with van der Waals surface area (Å²) in [7, 11) is -2.96. The molecule has 1 N–H and O–H groups in total. The highest BCUT2D eigenvalue weighted by molar-refractivity contribution is 7.89. The molecule has 0 aliphatic carbocycles. The number of carboxylic acids is 1. The van der Waals surface area contributed by atoms with E-state index < -0.39 is 52.7 Å². The Bertz CT molecular complexity index is 1450. The van der Waals surface area contributed by atoms with Crippen LogP contribution in [0.15, 0.2) is 71.6 Å². The molecular weight excluding hydrogens is 506 g/mol. The molecule has 0 fully saturated rings. The van der Waals surface area contributed by atoms with Crippen LogP contribution < -0.4 is 4.74 Å². The second-order valence-corrected chi connectivity index (χ2v) is 10.6. The quantitative estimate of drug-likeness (QED) is 0.480. The van der Waals surface area contributed by atoms with Gasteiger partial charge in [-0.3, -0.25) is 4.79 Å². The van der Waals surface area contributed by atoms with Crippen LogP contribution in [0.2, 0.25) is 0 Å². The molecule has 0 saturated carbocycles. The first-order chi connectivity index (χ1) is 17.6. The van der Waals surface area contributed by atoms with Crippen molar-refractivity contribution in [1.82, 2.24) is 9.21 Å². The molecule has 0 bridgehead atoms. The lowest BCUT2D eigenvalue weighted by Gasteiger charge is -2.39. The highest BCUT2D eigenvalue weighted by Gasteiger charge is 2.35. The lowest BCUT2D eigenvalue weighted by Crippen LogP contribution is -2.46. The maximum Gasteiger partial charge on any atom is 0.341 e. The molecule has 1 heterocycles. The fourth-order valence-corrected chi connectivity index (χ4v) is 5.50. The Kier molecular flexibility index (Phi) is 7.55. The van der Waals surface area contributed by atoms with E-state index in [4.69, 9.17) is 9.84 Å². The van der Waals surface area contributed by atoms with E-state index in [2.05, 4.69) is 0 Å². The summed E-state index contributed by atoms with van der Waals surface area (Å²) in [5.41, 5.74) is 1.83. The van der Waals surface area contributed by atoms with Crippen molar-refractivity contribution >= 4 is 21.9 Å². The Balaban J connectivity index is 1.71. The Morgan fingerprint density at radius 2 is 1.76 bits per heavy atom. The zero-order valence-electron chi connectivity index (χ0n) is 19.8. The number of fused-ring (bicyclic) bond motifs is 1. The fraction of sp³-hybridized carbons (Fsp3) is 0.231. The average Bonchev–Trinajstić information content (AvgIpc) is 2.87. The van der Waals surface area contributed by atoms with Crippen LogP contribution >= 0.6 is 0 Å². The predicted molar refractivity (Wildman–Crippen MR) is 129 cm³/mol. The second-order valence-electron chi connectivity index (χ2n) is 8.52. The molecule has 0 saturated heterocycles. The molecule has 3 aromatic rings. The Hall–Kier alpha value is -3.83. The standard InChI is InChI=1S/C26H24F2N2O6S/c1-29(37(34,35)20-7-4-6-18(27)13-20)15-24(31)30-12-11-17-5-2-3-8-21(17)26(30)22-14-19(28)9-10-23(22)36-16-25(32)33/h2-10,13-14,26H,11-12,15-16H2,1H3,(H,32,33). The summed E-state index contributed by atoms with van der Waals surface area (Å²) in [6.45, 7) is -1.03. The van der Waals surface area contributed by atoms with E-state index in [1.54, 1.807) is 12.1 Å². The van der Waals surface area contributed by atoms with Gasteiger partial charge in [0.25, 0.3) is 0 Å². The van der Waals surface area contributed by atoms with E-state index in [1.165, 1.54) is 36.2 Å². The maximum atomic E-state index is 14.4. The van der Waals surface area contributed by atoms with Crippen LogP contribution in [0.1, 0.15) is 22.7 Å². The van der Waals surface area contributed by atoms with Crippen molar-refractivity contribution < 1.29 is 36.6 Å². The van der Waals surface area contributed by atoms with Crippen molar-refractivity contribution in [2.24, 2.45) is 0 Å². The van der Waals surface area contributed by atoms with Gasteiger partial charge >= 0.3 is 5.97 Å². The number of rotatable bonds is 8. The Labute approximate surface area is 212 Å².